The molecule has 0 radical (unpaired) electrons. The first kappa shape index (κ1) is 7.90. The summed E-state index contributed by atoms with van der Waals surface area (Å²) < 4.78 is 1.44. The highest BCUT2D eigenvalue weighted by molar-refractivity contribution is 4.89. The third-order valence-corrected chi connectivity index (χ3v) is 1.04. The average molecular weight is 130 g/mol. The van der Waals surface area contributed by atoms with Gasteiger partial charge in [-0.3, -0.25) is 0 Å². The Morgan fingerprint density at radius 2 is 1.56 bits per heavy atom. The van der Waals surface area contributed by atoms with Crippen LogP contribution in [0.2, 0.25) is 0 Å². The lowest BCUT2D eigenvalue weighted by atomic mass is 10.7. The van der Waals surface area contributed by atoms with Crippen molar-refractivity contribution < 1.29 is 5.48 Å². The number of nitrogens with two attached hydrogens (primary N) is 1. The summed E-state index contributed by atoms with van der Waals surface area (Å²) in [4.78, 5) is 0. The molecule has 0 bridgehead atoms. The van der Waals surface area contributed by atoms with Crippen LogP contribution in [0.15, 0.2) is 0 Å². The van der Waals surface area contributed by atoms with Crippen molar-refractivity contribution in [3.8, 4) is 0 Å². The van der Waals surface area contributed by atoms with Gasteiger partial charge in [-0.25, -0.2) is 4.68 Å². The van der Waals surface area contributed by atoms with Gasteiger partial charge in [-0.05, 0) is 13.8 Å². The summed E-state index contributed by atoms with van der Waals surface area (Å²) in [5.41, 5.74) is 0. The first-order chi connectivity index (χ1) is 3.72. The standard InChI is InChI=1S/C4H8N4.H2O/c1-3-6-7-4(2)8(3)5;/h5H2,1-2H3;1H2. The molecule has 52 valence electrons. The Kier molecular flexibility index (Phi) is 2.15. The largest absolute Gasteiger partial charge is 0.412 e. The van der Waals surface area contributed by atoms with Crippen LogP contribution in [0, 0.1) is 13.8 Å². The Morgan fingerprint density at radius 1 is 1.22 bits per heavy atom. The Morgan fingerprint density at radius 3 is 1.67 bits per heavy atom. The Hall–Kier alpha value is -1.10. The Bertz CT molecular complexity index is 175. The summed E-state index contributed by atoms with van der Waals surface area (Å²) in [7, 11) is 0. The zero-order valence-corrected chi connectivity index (χ0v) is 5.42. The zero-order valence-electron chi connectivity index (χ0n) is 5.42. The van der Waals surface area contributed by atoms with Crippen LogP contribution in [-0.4, -0.2) is 20.3 Å². The predicted molar refractivity (Wildman–Crippen MR) is 33.3 cm³/mol. The van der Waals surface area contributed by atoms with Crippen LogP contribution in [0.5, 0.6) is 0 Å². The van der Waals surface area contributed by atoms with Crippen molar-refractivity contribution in [1.82, 2.24) is 14.9 Å². The van der Waals surface area contributed by atoms with E-state index in [-0.39, 0.29) is 5.48 Å². The quantitative estimate of drug-likeness (QED) is 0.446. The van der Waals surface area contributed by atoms with Crippen molar-refractivity contribution >= 4 is 0 Å². The second kappa shape index (κ2) is 2.45. The van der Waals surface area contributed by atoms with Crippen molar-refractivity contribution in [2.24, 2.45) is 0 Å². The lowest BCUT2D eigenvalue weighted by molar-refractivity contribution is 0.824. The van der Waals surface area contributed by atoms with E-state index in [9.17, 15) is 0 Å². The smallest absolute Gasteiger partial charge is 0.148 e. The van der Waals surface area contributed by atoms with Crippen molar-refractivity contribution in [3.05, 3.63) is 11.6 Å². The normalized spacial score (nSPS) is 8.67. The van der Waals surface area contributed by atoms with Crippen molar-refractivity contribution in [2.75, 3.05) is 5.84 Å². The van der Waals surface area contributed by atoms with Gasteiger partial charge in [0.1, 0.15) is 11.6 Å². The average Bonchev–Trinajstić information content (AvgIpc) is 1.98. The number of hydrogen-bond donors (Lipinski definition) is 1. The Balaban J connectivity index is 0.000000640. The van der Waals surface area contributed by atoms with Crippen LogP contribution in [0.25, 0.3) is 0 Å². The first-order valence-corrected chi connectivity index (χ1v) is 2.35. The number of rotatable bonds is 0. The van der Waals surface area contributed by atoms with Gasteiger partial charge in [-0.2, -0.15) is 0 Å². The van der Waals surface area contributed by atoms with Crippen LogP contribution in [-0.2, 0) is 0 Å². The van der Waals surface area contributed by atoms with Gasteiger partial charge in [-0.1, -0.05) is 0 Å². The molecular formula is C4H10N4O. The number of hydrogen-bond acceptors (Lipinski definition) is 3. The summed E-state index contributed by atoms with van der Waals surface area (Å²) in [6, 6.07) is 0. The minimum atomic E-state index is 0. The number of aromatic nitrogens is 3. The number of nitrogens with zero attached hydrogens (tertiary/aromatic N) is 3. The molecule has 1 heterocycles. The van der Waals surface area contributed by atoms with Gasteiger partial charge in [0.15, 0.2) is 0 Å². The monoisotopic (exact) mass is 130 g/mol. The summed E-state index contributed by atoms with van der Waals surface area (Å²) in [5.74, 6) is 6.87. The molecule has 0 unspecified atom stereocenters. The molecule has 0 saturated heterocycles. The van der Waals surface area contributed by atoms with E-state index in [1.54, 1.807) is 13.8 Å². The lowest BCUT2D eigenvalue weighted by Gasteiger charge is -1.91. The van der Waals surface area contributed by atoms with Crippen LogP contribution in [0.4, 0.5) is 0 Å². The van der Waals surface area contributed by atoms with Gasteiger partial charge in [-0.15, -0.1) is 10.2 Å². The van der Waals surface area contributed by atoms with Gasteiger partial charge in [0.2, 0.25) is 0 Å². The SMILES string of the molecule is Cc1nnc(C)n1N.O. The maximum Gasteiger partial charge on any atom is 0.148 e. The predicted octanol–water partition coefficient (Wildman–Crippen LogP) is -1.22. The molecule has 0 aromatic carbocycles. The minimum Gasteiger partial charge on any atom is -0.412 e. The molecule has 4 N–H and O–H groups in total. The molecular weight excluding hydrogens is 120 g/mol. The van der Waals surface area contributed by atoms with Gasteiger partial charge >= 0.3 is 0 Å². The second-order valence-electron chi connectivity index (χ2n) is 1.66. The third kappa shape index (κ3) is 1.17. The van der Waals surface area contributed by atoms with Gasteiger partial charge < -0.3 is 11.3 Å². The molecule has 0 spiro atoms. The maximum atomic E-state index is 5.39. The lowest BCUT2D eigenvalue weighted by Crippen LogP contribution is -2.11. The summed E-state index contributed by atoms with van der Waals surface area (Å²) in [5, 5.41) is 7.41. The van der Waals surface area contributed by atoms with E-state index in [4.69, 9.17) is 5.84 Å². The Labute approximate surface area is 52.8 Å². The molecule has 9 heavy (non-hydrogen) atoms. The van der Waals surface area contributed by atoms with Crippen molar-refractivity contribution in [3.63, 3.8) is 0 Å². The molecule has 1 aromatic rings. The van der Waals surface area contributed by atoms with Gasteiger partial charge in [0, 0.05) is 0 Å². The molecule has 0 aliphatic carbocycles. The first-order valence-electron chi connectivity index (χ1n) is 2.35. The molecule has 0 aliphatic heterocycles. The highest BCUT2D eigenvalue weighted by Gasteiger charge is 1.95. The highest BCUT2D eigenvalue weighted by atomic mass is 16.0. The summed E-state index contributed by atoms with van der Waals surface area (Å²) >= 11 is 0. The topological polar surface area (TPSA) is 88.2 Å². The molecule has 0 aliphatic rings. The van der Waals surface area contributed by atoms with Crippen LogP contribution in [0.3, 0.4) is 0 Å². The van der Waals surface area contributed by atoms with Crippen LogP contribution >= 0.6 is 0 Å². The number of nitrogen functional groups attached to an aromatic ring is 1. The van der Waals surface area contributed by atoms with E-state index in [0.29, 0.717) is 0 Å². The molecule has 0 fully saturated rings. The van der Waals surface area contributed by atoms with Crippen LogP contribution in [0.1, 0.15) is 11.6 Å². The molecule has 0 amide bonds. The van der Waals surface area contributed by atoms with E-state index >= 15 is 0 Å². The fraction of sp³-hybridized carbons (Fsp3) is 0.500. The van der Waals surface area contributed by atoms with Gasteiger partial charge in [0.25, 0.3) is 0 Å². The van der Waals surface area contributed by atoms with E-state index in [0.717, 1.165) is 11.6 Å². The molecule has 1 rings (SSSR count). The molecule has 0 saturated carbocycles. The second-order valence-corrected chi connectivity index (χ2v) is 1.66. The molecule has 0 atom stereocenters. The van der Waals surface area contributed by atoms with E-state index in [1.807, 2.05) is 0 Å². The van der Waals surface area contributed by atoms with Gasteiger partial charge in [0.05, 0.1) is 0 Å². The van der Waals surface area contributed by atoms with Crippen LogP contribution < -0.4 is 5.84 Å². The summed E-state index contributed by atoms with van der Waals surface area (Å²) in [6.07, 6.45) is 0. The van der Waals surface area contributed by atoms with E-state index in [2.05, 4.69) is 10.2 Å². The minimum absolute atomic E-state index is 0. The zero-order chi connectivity index (χ0) is 6.15. The maximum absolute atomic E-state index is 5.39. The third-order valence-electron chi connectivity index (χ3n) is 1.04. The van der Waals surface area contributed by atoms with Crippen molar-refractivity contribution in [1.29, 1.82) is 0 Å². The van der Waals surface area contributed by atoms with Crippen molar-refractivity contribution in [2.45, 2.75) is 13.8 Å². The number of aryl methyl sites for hydroxylation is 2. The summed E-state index contributed by atoms with van der Waals surface area (Å²) in [6.45, 7) is 3.61. The molecule has 5 nitrogen and oxygen atoms in total. The highest BCUT2D eigenvalue weighted by Crippen LogP contribution is 1.89. The molecule has 1 aromatic heterocycles. The van der Waals surface area contributed by atoms with E-state index < -0.39 is 0 Å². The fourth-order valence-corrected chi connectivity index (χ4v) is 0.475. The van der Waals surface area contributed by atoms with E-state index in [1.165, 1.54) is 4.68 Å². The fourth-order valence-electron chi connectivity index (χ4n) is 0.475. The molecule has 5 heteroatoms.